The number of hydrogen-bond acceptors (Lipinski definition) is 1. The minimum Gasteiger partial charge on any atom is -0.305 e. The van der Waals surface area contributed by atoms with Crippen molar-refractivity contribution in [2.45, 2.75) is 18.3 Å². The van der Waals surface area contributed by atoms with E-state index in [1.54, 1.807) is 0 Å². The van der Waals surface area contributed by atoms with E-state index in [0.717, 1.165) is 16.8 Å². The highest BCUT2D eigenvalue weighted by Crippen LogP contribution is 2.32. The van der Waals surface area contributed by atoms with Crippen molar-refractivity contribution in [2.75, 3.05) is 4.90 Å². The van der Waals surface area contributed by atoms with Crippen LogP contribution in [0.15, 0.2) is 60.7 Å². The predicted molar refractivity (Wildman–Crippen MR) is 87.4 cm³/mol. The van der Waals surface area contributed by atoms with Crippen LogP contribution in [0.25, 0.3) is 6.08 Å². The molecule has 1 atom stereocenters. The number of alkyl halides is 1. The summed E-state index contributed by atoms with van der Waals surface area (Å²) in [5, 5.41) is 0. The number of carbonyl (C=O) groups is 1. The van der Waals surface area contributed by atoms with Crippen LogP contribution in [0.4, 0.5) is 5.69 Å². The number of halogens is 1. The van der Waals surface area contributed by atoms with Crippen LogP contribution in [0, 0.1) is 0 Å². The van der Waals surface area contributed by atoms with E-state index in [1.165, 1.54) is 0 Å². The third-order valence-electron chi connectivity index (χ3n) is 3.69. The zero-order valence-corrected chi connectivity index (χ0v) is 12.3. The molecule has 0 saturated carbocycles. The number of hydrogen-bond donors (Lipinski definition) is 0. The van der Waals surface area contributed by atoms with Crippen LogP contribution >= 0.6 is 11.6 Å². The van der Waals surface area contributed by atoms with E-state index in [0.29, 0.717) is 12.3 Å². The van der Waals surface area contributed by atoms with Crippen LogP contribution in [-0.2, 0) is 10.7 Å². The third-order valence-corrected chi connectivity index (χ3v) is 3.98. The zero-order chi connectivity index (χ0) is 14.7. The first kappa shape index (κ1) is 13.9. The summed E-state index contributed by atoms with van der Waals surface area (Å²) in [6.07, 6.45) is 4.70. The van der Waals surface area contributed by atoms with E-state index in [9.17, 15) is 4.79 Å². The molecule has 1 saturated heterocycles. The summed E-state index contributed by atoms with van der Waals surface area (Å²) < 4.78 is 0. The molecule has 1 fully saturated rings. The molecule has 1 aliphatic heterocycles. The van der Waals surface area contributed by atoms with Crippen LogP contribution < -0.4 is 4.90 Å². The normalized spacial score (nSPS) is 18.0. The van der Waals surface area contributed by atoms with Crippen LogP contribution in [0.5, 0.6) is 0 Å². The van der Waals surface area contributed by atoms with E-state index < -0.39 is 0 Å². The fourth-order valence-electron chi connectivity index (χ4n) is 2.55. The molecule has 1 aliphatic rings. The standard InChI is InChI=1S/C18H16ClNO/c19-13-15-8-4-5-9-17(15)20-16(12-18(20)21)11-10-14-6-2-1-3-7-14/h1-11,16H,12-13H2/b11-10+. The second-order valence-corrected chi connectivity index (χ2v) is 5.33. The van der Waals surface area contributed by atoms with Gasteiger partial charge >= 0.3 is 0 Å². The smallest absolute Gasteiger partial charge is 0.229 e. The van der Waals surface area contributed by atoms with Crippen molar-refractivity contribution in [1.82, 2.24) is 0 Å². The predicted octanol–water partition coefficient (Wildman–Crippen LogP) is 4.24. The van der Waals surface area contributed by atoms with Gasteiger partial charge in [0.25, 0.3) is 0 Å². The van der Waals surface area contributed by atoms with Crippen LogP contribution in [-0.4, -0.2) is 11.9 Å². The monoisotopic (exact) mass is 297 g/mol. The lowest BCUT2D eigenvalue weighted by Crippen LogP contribution is -2.52. The molecular formula is C18H16ClNO. The van der Waals surface area contributed by atoms with Crippen molar-refractivity contribution in [2.24, 2.45) is 0 Å². The van der Waals surface area contributed by atoms with Gasteiger partial charge in [0.2, 0.25) is 5.91 Å². The molecule has 0 N–H and O–H groups in total. The minimum atomic E-state index is 0.113. The molecule has 1 unspecified atom stereocenters. The highest BCUT2D eigenvalue weighted by Gasteiger charge is 2.36. The van der Waals surface area contributed by atoms with Crippen molar-refractivity contribution in [3.05, 3.63) is 71.8 Å². The topological polar surface area (TPSA) is 20.3 Å². The van der Waals surface area contributed by atoms with Gasteiger partial charge in [0, 0.05) is 11.6 Å². The summed E-state index contributed by atoms with van der Waals surface area (Å²) >= 11 is 5.97. The number of para-hydroxylation sites is 1. The molecule has 0 spiro atoms. The van der Waals surface area contributed by atoms with Crippen molar-refractivity contribution < 1.29 is 4.79 Å². The summed E-state index contributed by atoms with van der Waals surface area (Å²) in [5.74, 6) is 0.560. The molecule has 3 rings (SSSR count). The van der Waals surface area contributed by atoms with Gasteiger partial charge in [-0.25, -0.2) is 0 Å². The molecule has 0 radical (unpaired) electrons. The van der Waals surface area contributed by atoms with Gasteiger partial charge in [0.1, 0.15) is 0 Å². The number of rotatable bonds is 4. The highest BCUT2D eigenvalue weighted by atomic mass is 35.5. The lowest BCUT2D eigenvalue weighted by molar-refractivity contribution is -0.123. The van der Waals surface area contributed by atoms with E-state index in [4.69, 9.17) is 11.6 Å². The summed E-state index contributed by atoms with van der Waals surface area (Å²) in [6, 6.07) is 18.0. The Balaban J connectivity index is 1.82. The average Bonchev–Trinajstić information content (AvgIpc) is 2.52. The summed E-state index contributed by atoms with van der Waals surface area (Å²) in [4.78, 5) is 13.8. The molecule has 2 aromatic carbocycles. The Labute approximate surface area is 129 Å². The largest absolute Gasteiger partial charge is 0.305 e. The summed E-state index contributed by atoms with van der Waals surface area (Å²) in [7, 11) is 0. The van der Waals surface area contributed by atoms with Gasteiger partial charge in [0.15, 0.2) is 0 Å². The van der Waals surface area contributed by atoms with E-state index in [-0.39, 0.29) is 11.9 Å². The van der Waals surface area contributed by atoms with Crippen LogP contribution in [0.3, 0.4) is 0 Å². The van der Waals surface area contributed by atoms with Crippen LogP contribution in [0.1, 0.15) is 17.5 Å². The second kappa shape index (κ2) is 6.15. The van der Waals surface area contributed by atoms with E-state index >= 15 is 0 Å². The number of amides is 1. The Morgan fingerprint density at radius 3 is 2.52 bits per heavy atom. The van der Waals surface area contributed by atoms with E-state index in [2.05, 4.69) is 12.2 Å². The fraction of sp³-hybridized carbons (Fsp3) is 0.167. The maximum absolute atomic E-state index is 12.0. The van der Waals surface area contributed by atoms with Crippen molar-refractivity contribution in [1.29, 1.82) is 0 Å². The summed E-state index contributed by atoms with van der Waals surface area (Å²) in [6.45, 7) is 0. The lowest BCUT2D eigenvalue weighted by atomic mass is 9.97. The number of nitrogens with zero attached hydrogens (tertiary/aromatic N) is 1. The minimum absolute atomic E-state index is 0.113. The molecule has 2 nitrogen and oxygen atoms in total. The lowest BCUT2D eigenvalue weighted by Gasteiger charge is -2.39. The third kappa shape index (κ3) is 2.86. The molecule has 0 aliphatic carbocycles. The molecule has 0 bridgehead atoms. The van der Waals surface area contributed by atoms with Crippen molar-refractivity contribution in [3.63, 3.8) is 0 Å². The maximum atomic E-state index is 12.0. The van der Waals surface area contributed by atoms with Crippen molar-refractivity contribution in [3.8, 4) is 0 Å². The Bertz CT molecular complexity index is 666. The van der Waals surface area contributed by atoms with Gasteiger partial charge in [-0.3, -0.25) is 4.79 Å². The zero-order valence-electron chi connectivity index (χ0n) is 11.6. The Kier molecular flexibility index (Phi) is 4.07. The van der Waals surface area contributed by atoms with Crippen molar-refractivity contribution >= 4 is 29.3 Å². The summed E-state index contributed by atoms with van der Waals surface area (Å²) in [5.41, 5.74) is 3.05. The second-order valence-electron chi connectivity index (χ2n) is 5.07. The van der Waals surface area contributed by atoms with Gasteiger partial charge in [-0.15, -0.1) is 11.6 Å². The average molecular weight is 298 g/mol. The van der Waals surface area contributed by atoms with Crippen LogP contribution in [0.2, 0.25) is 0 Å². The first-order valence-electron chi connectivity index (χ1n) is 6.99. The number of anilines is 1. The molecule has 1 amide bonds. The highest BCUT2D eigenvalue weighted by molar-refractivity contribution is 6.17. The molecule has 2 aromatic rings. The SMILES string of the molecule is O=C1CC(/C=C/c2ccccc2)N1c1ccccc1CCl. The molecule has 106 valence electrons. The van der Waals surface area contributed by atoms with Gasteiger partial charge in [0.05, 0.1) is 12.5 Å². The molecular weight excluding hydrogens is 282 g/mol. The Morgan fingerprint density at radius 2 is 1.81 bits per heavy atom. The molecule has 21 heavy (non-hydrogen) atoms. The van der Waals surface area contributed by atoms with Gasteiger partial charge in [-0.05, 0) is 17.2 Å². The maximum Gasteiger partial charge on any atom is 0.229 e. The Morgan fingerprint density at radius 1 is 1.10 bits per heavy atom. The molecule has 3 heteroatoms. The quantitative estimate of drug-likeness (QED) is 0.610. The van der Waals surface area contributed by atoms with Gasteiger partial charge in [-0.1, -0.05) is 60.7 Å². The first-order chi connectivity index (χ1) is 10.3. The number of β-lactam (4-membered cyclic amide) rings is 1. The number of carbonyl (C=O) groups excluding carboxylic acids is 1. The molecule has 0 aromatic heterocycles. The first-order valence-corrected chi connectivity index (χ1v) is 7.52. The van der Waals surface area contributed by atoms with Gasteiger partial charge in [-0.2, -0.15) is 0 Å². The van der Waals surface area contributed by atoms with E-state index in [1.807, 2.05) is 59.5 Å². The Hall–Kier alpha value is -2.06. The van der Waals surface area contributed by atoms with Gasteiger partial charge < -0.3 is 4.90 Å². The number of benzene rings is 2. The molecule has 1 heterocycles. The fourth-order valence-corrected chi connectivity index (χ4v) is 2.78.